The van der Waals surface area contributed by atoms with Crippen LogP contribution >= 0.6 is 0 Å². The zero-order valence-electron chi connectivity index (χ0n) is 11.1. The SMILES string of the molecule is CCCCC(CC)CC(O)C(OC)C1CC1. The molecule has 0 spiro atoms. The molecule has 0 bridgehead atoms. The van der Waals surface area contributed by atoms with Gasteiger partial charge >= 0.3 is 0 Å². The highest BCUT2D eigenvalue weighted by Crippen LogP contribution is 2.37. The van der Waals surface area contributed by atoms with Crippen molar-refractivity contribution in [3.8, 4) is 0 Å². The van der Waals surface area contributed by atoms with Crippen LogP contribution < -0.4 is 0 Å². The maximum Gasteiger partial charge on any atom is 0.0858 e. The van der Waals surface area contributed by atoms with E-state index in [4.69, 9.17) is 4.74 Å². The van der Waals surface area contributed by atoms with Gasteiger partial charge in [-0.2, -0.15) is 0 Å². The van der Waals surface area contributed by atoms with Gasteiger partial charge in [0.2, 0.25) is 0 Å². The zero-order chi connectivity index (χ0) is 12.0. The Hall–Kier alpha value is -0.0800. The molecule has 0 saturated heterocycles. The number of aliphatic hydroxyl groups is 1. The molecule has 2 nitrogen and oxygen atoms in total. The van der Waals surface area contributed by atoms with Gasteiger partial charge in [-0.3, -0.25) is 0 Å². The first-order valence-electron chi connectivity index (χ1n) is 6.93. The van der Waals surface area contributed by atoms with Crippen molar-refractivity contribution in [3.63, 3.8) is 0 Å². The number of rotatable bonds is 9. The maximum atomic E-state index is 10.2. The molecular weight excluding hydrogens is 200 g/mol. The molecule has 1 N–H and O–H groups in total. The minimum absolute atomic E-state index is 0.0932. The summed E-state index contributed by atoms with van der Waals surface area (Å²) in [6, 6.07) is 0. The summed E-state index contributed by atoms with van der Waals surface area (Å²) >= 11 is 0. The molecule has 1 fully saturated rings. The van der Waals surface area contributed by atoms with Crippen LogP contribution in [0.3, 0.4) is 0 Å². The fraction of sp³-hybridized carbons (Fsp3) is 1.00. The van der Waals surface area contributed by atoms with E-state index in [9.17, 15) is 5.11 Å². The van der Waals surface area contributed by atoms with E-state index in [2.05, 4.69) is 13.8 Å². The van der Waals surface area contributed by atoms with E-state index in [0.29, 0.717) is 11.8 Å². The molecule has 1 rings (SSSR count). The van der Waals surface area contributed by atoms with Gasteiger partial charge in [-0.1, -0.05) is 39.5 Å². The third kappa shape index (κ3) is 4.42. The highest BCUT2D eigenvalue weighted by molar-refractivity contribution is 4.87. The largest absolute Gasteiger partial charge is 0.390 e. The van der Waals surface area contributed by atoms with E-state index < -0.39 is 0 Å². The summed E-state index contributed by atoms with van der Waals surface area (Å²) in [4.78, 5) is 0. The molecule has 3 atom stereocenters. The van der Waals surface area contributed by atoms with Gasteiger partial charge in [0.05, 0.1) is 12.2 Å². The minimum Gasteiger partial charge on any atom is -0.390 e. The van der Waals surface area contributed by atoms with Gasteiger partial charge in [0.25, 0.3) is 0 Å². The van der Waals surface area contributed by atoms with Gasteiger partial charge in [0.1, 0.15) is 0 Å². The minimum atomic E-state index is -0.251. The fourth-order valence-electron chi connectivity index (χ4n) is 2.55. The molecule has 0 amide bonds. The van der Waals surface area contributed by atoms with E-state index in [1.165, 1.54) is 38.5 Å². The van der Waals surface area contributed by atoms with Crippen molar-refractivity contribution in [3.05, 3.63) is 0 Å². The first-order chi connectivity index (χ1) is 7.72. The van der Waals surface area contributed by atoms with E-state index in [1.807, 2.05) is 0 Å². The van der Waals surface area contributed by atoms with Crippen LogP contribution in [0.1, 0.15) is 58.8 Å². The number of hydrogen-bond donors (Lipinski definition) is 1. The number of hydrogen-bond acceptors (Lipinski definition) is 2. The second kappa shape index (κ2) is 7.29. The van der Waals surface area contributed by atoms with Crippen molar-refractivity contribution in [1.82, 2.24) is 0 Å². The number of aliphatic hydroxyl groups excluding tert-OH is 1. The van der Waals surface area contributed by atoms with Crippen molar-refractivity contribution in [1.29, 1.82) is 0 Å². The van der Waals surface area contributed by atoms with Crippen LogP contribution in [-0.4, -0.2) is 24.4 Å². The molecule has 0 radical (unpaired) electrons. The monoisotopic (exact) mass is 228 g/mol. The van der Waals surface area contributed by atoms with E-state index in [0.717, 1.165) is 6.42 Å². The van der Waals surface area contributed by atoms with E-state index in [1.54, 1.807) is 7.11 Å². The molecule has 0 aliphatic heterocycles. The molecular formula is C14H28O2. The molecule has 0 aromatic carbocycles. The second-order valence-corrected chi connectivity index (χ2v) is 5.26. The molecule has 1 aliphatic rings. The van der Waals surface area contributed by atoms with E-state index >= 15 is 0 Å². The lowest BCUT2D eigenvalue weighted by molar-refractivity contribution is -0.0356. The fourth-order valence-corrected chi connectivity index (χ4v) is 2.55. The first kappa shape index (κ1) is 14.0. The normalized spacial score (nSPS) is 21.8. The molecule has 2 heteroatoms. The number of methoxy groups -OCH3 is 1. The summed E-state index contributed by atoms with van der Waals surface area (Å²) in [7, 11) is 1.74. The zero-order valence-corrected chi connectivity index (χ0v) is 11.1. The van der Waals surface area contributed by atoms with Crippen LogP contribution in [0, 0.1) is 11.8 Å². The Balaban J connectivity index is 2.30. The molecule has 1 aliphatic carbocycles. The highest BCUT2D eigenvalue weighted by atomic mass is 16.5. The van der Waals surface area contributed by atoms with Gasteiger partial charge < -0.3 is 9.84 Å². The van der Waals surface area contributed by atoms with Crippen molar-refractivity contribution in [2.45, 2.75) is 71.0 Å². The van der Waals surface area contributed by atoms with Crippen molar-refractivity contribution in [2.24, 2.45) is 11.8 Å². The van der Waals surface area contributed by atoms with Crippen molar-refractivity contribution < 1.29 is 9.84 Å². The Morgan fingerprint density at radius 3 is 2.44 bits per heavy atom. The smallest absolute Gasteiger partial charge is 0.0858 e. The van der Waals surface area contributed by atoms with Crippen molar-refractivity contribution in [2.75, 3.05) is 7.11 Å². The summed E-state index contributed by atoms with van der Waals surface area (Å²) in [5.74, 6) is 1.30. The van der Waals surface area contributed by atoms with Crippen LogP contribution in [0.25, 0.3) is 0 Å². The van der Waals surface area contributed by atoms with Gasteiger partial charge in [0.15, 0.2) is 0 Å². The van der Waals surface area contributed by atoms with Crippen molar-refractivity contribution >= 4 is 0 Å². The van der Waals surface area contributed by atoms with Gasteiger partial charge in [-0.15, -0.1) is 0 Å². The summed E-state index contributed by atoms with van der Waals surface area (Å²) in [6.45, 7) is 4.46. The van der Waals surface area contributed by atoms with E-state index in [-0.39, 0.29) is 12.2 Å². The van der Waals surface area contributed by atoms with Gasteiger partial charge in [-0.25, -0.2) is 0 Å². The van der Waals surface area contributed by atoms with Gasteiger partial charge in [0, 0.05) is 7.11 Å². The van der Waals surface area contributed by atoms with Crippen LogP contribution in [0.5, 0.6) is 0 Å². The lowest BCUT2D eigenvalue weighted by atomic mass is 9.90. The lowest BCUT2D eigenvalue weighted by Gasteiger charge is -2.25. The topological polar surface area (TPSA) is 29.5 Å². The molecule has 0 aromatic heterocycles. The Kier molecular flexibility index (Phi) is 6.37. The summed E-state index contributed by atoms with van der Waals surface area (Å²) in [5.41, 5.74) is 0. The summed E-state index contributed by atoms with van der Waals surface area (Å²) in [6.07, 6.45) is 8.21. The molecule has 0 aromatic rings. The lowest BCUT2D eigenvalue weighted by Crippen LogP contribution is -2.31. The molecule has 1 saturated carbocycles. The Morgan fingerprint density at radius 2 is 2.00 bits per heavy atom. The predicted molar refractivity (Wildman–Crippen MR) is 67.5 cm³/mol. The van der Waals surface area contributed by atoms with Gasteiger partial charge in [-0.05, 0) is 31.1 Å². The third-order valence-corrected chi connectivity index (χ3v) is 3.86. The standard InChI is InChI=1S/C14H28O2/c1-4-6-7-11(5-2)10-13(15)14(16-3)12-8-9-12/h11-15H,4-10H2,1-3H3. The van der Waals surface area contributed by atoms with Crippen LogP contribution in [0.4, 0.5) is 0 Å². The maximum absolute atomic E-state index is 10.2. The summed E-state index contributed by atoms with van der Waals surface area (Å²) in [5, 5.41) is 10.2. The highest BCUT2D eigenvalue weighted by Gasteiger charge is 2.36. The van der Waals surface area contributed by atoms with Crippen LogP contribution in [-0.2, 0) is 4.74 Å². The predicted octanol–water partition coefficient (Wildman–Crippen LogP) is 3.38. The molecule has 96 valence electrons. The third-order valence-electron chi connectivity index (χ3n) is 3.86. The number of ether oxygens (including phenoxy) is 1. The van der Waals surface area contributed by atoms with Crippen LogP contribution in [0.2, 0.25) is 0 Å². The number of unbranched alkanes of at least 4 members (excludes halogenated alkanes) is 1. The Morgan fingerprint density at radius 1 is 1.31 bits per heavy atom. The average molecular weight is 228 g/mol. The molecule has 3 unspecified atom stereocenters. The summed E-state index contributed by atoms with van der Waals surface area (Å²) < 4.78 is 5.44. The second-order valence-electron chi connectivity index (χ2n) is 5.26. The van der Waals surface area contributed by atoms with Crippen LogP contribution in [0.15, 0.2) is 0 Å². The Labute approximate surface area is 100 Å². The quantitative estimate of drug-likeness (QED) is 0.655. The first-order valence-corrected chi connectivity index (χ1v) is 6.93. The molecule has 0 heterocycles. The molecule has 16 heavy (non-hydrogen) atoms. The Bertz CT molecular complexity index is 178. The average Bonchev–Trinajstić information content (AvgIpc) is 3.09.